The standard InChI is InChI=1S/C19H33N3O4/c1-13(23)16(12-26-4)19-21-17(14-8-6-5-7-9-14)20-18(22-19)15(10-24-2)11-25-3/h13-16,23H,5-12H2,1-4H3. The maximum absolute atomic E-state index is 10.2. The second-order valence-electron chi connectivity index (χ2n) is 7.15. The summed E-state index contributed by atoms with van der Waals surface area (Å²) in [4.78, 5) is 14.2. The van der Waals surface area contributed by atoms with E-state index in [9.17, 15) is 5.11 Å². The number of methoxy groups -OCH3 is 3. The molecule has 1 aromatic heterocycles. The molecule has 1 aliphatic rings. The van der Waals surface area contributed by atoms with E-state index in [1.807, 2.05) is 0 Å². The lowest BCUT2D eigenvalue weighted by atomic mass is 9.88. The van der Waals surface area contributed by atoms with Gasteiger partial charge in [-0.15, -0.1) is 0 Å². The summed E-state index contributed by atoms with van der Waals surface area (Å²) in [6.07, 6.45) is 5.29. The fraction of sp³-hybridized carbons (Fsp3) is 0.842. The predicted octanol–water partition coefficient (Wildman–Crippen LogP) is 2.41. The van der Waals surface area contributed by atoms with Crippen LogP contribution in [-0.4, -0.2) is 67.3 Å². The molecule has 26 heavy (non-hydrogen) atoms. The van der Waals surface area contributed by atoms with Gasteiger partial charge in [-0.25, -0.2) is 15.0 Å². The molecule has 0 aromatic carbocycles. The van der Waals surface area contributed by atoms with Crippen molar-refractivity contribution < 1.29 is 19.3 Å². The Morgan fingerprint density at radius 3 is 2.00 bits per heavy atom. The molecule has 7 nitrogen and oxygen atoms in total. The lowest BCUT2D eigenvalue weighted by Gasteiger charge is -2.24. The van der Waals surface area contributed by atoms with Crippen LogP contribution >= 0.6 is 0 Å². The number of ether oxygens (including phenoxy) is 3. The van der Waals surface area contributed by atoms with E-state index < -0.39 is 6.10 Å². The fourth-order valence-corrected chi connectivity index (χ4v) is 3.53. The van der Waals surface area contributed by atoms with Crippen LogP contribution in [0.1, 0.15) is 74.3 Å². The normalized spacial score (nSPS) is 18.2. The zero-order valence-corrected chi connectivity index (χ0v) is 16.5. The van der Waals surface area contributed by atoms with Gasteiger partial charge in [-0.3, -0.25) is 0 Å². The first-order chi connectivity index (χ1) is 12.6. The summed E-state index contributed by atoms with van der Waals surface area (Å²) in [6, 6.07) is 0. The summed E-state index contributed by atoms with van der Waals surface area (Å²) in [6.45, 7) is 3.07. The third-order valence-electron chi connectivity index (χ3n) is 5.02. The monoisotopic (exact) mass is 367 g/mol. The number of rotatable bonds is 10. The molecule has 2 rings (SSSR count). The van der Waals surface area contributed by atoms with Crippen LogP contribution in [0.15, 0.2) is 0 Å². The molecule has 0 saturated heterocycles. The molecule has 0 aliphatic heterocycles. The van der Waals surface area contributed by atoms with Crippen LogP contribution in [-0.2, 0) is 14.2 Å². The summed E-state index contributed by atoms with van der Waals surface area (Å²) >= 11 is 0. The Kier molecular flexibility index (Phi) is 8.84. The molecule has 1 fully saturated rings. The molecule has 1 heterocycles. The topological polar surface area (TPSA) is 86.6 Å². The molecule has 2 atom stereocenters. The molecule has 1 aliphatic carbocycles. The summed E-state index contributed by atoms with van der Waals surface area (Å²) in [5, 5.41) is 10.2. The Hall–Kier alpha value is -1.15. The first kappa shape index (κ1) is 21.2. The van der Waals surface area contributed by atoms with Crippen molar-refractivity contribution >= 4 is 0 Å². The van der Waals surface area contributed by atoms with Gasteiger partial charge in [0.25, 0.3) is 0 Å². The van der Waals surface area contributed by atoms with Crippen LogP contribution in [0.5, 0.6) is 0 Å². The molecule has 1 saturated carbocycles. The van der Waals surface area contributed by atoms with Crippen molar-refractivity contribution in [3.8, 4) is 0 Å². The van der Waals surface area contributed by atoms with Crippen LogP contribution in [0.2, 0.25) is 0 Å². The second-order valence-corrected chi connectivity index (χ2v) is 7.15. The van der Waals surface area contributed by atoms with E-state index in [0.717, 1.165) is 18.7 Å². The van der Waals surface area contributed by atoms with Gasteiger partial charge in [-0.2, -0.15) is 0 Å². The zero-order chi connectivity index (χ0) is 18.9. The minimum Gasteiger partial charge on any atom is -0.393 e. The molecule has 0 bridgehead atoms. The minimum atomic E-state index is -0.604. The molecular weight excluding hydrogens is 334 g/mol. The molecule has 148 valence electrons. The fourth-order valence-electron chi connectivity index (χ4n) is 3.53. The summed E-state index contributed by atoms with van der Waals surface area (Å²) < 4.78 is 16.0. The highest BCUT2D eigenvalue weighted by molar-refractivity contribution is 5.11. The van der Waals surface area contributed by atoms with E-state index in [2.05, 4.69) is 4.98 Å². The van der Waals surface area contributed by atoms with Crippen molar-refractivity contribution in [1.29, 1.82) is 0 Å². The Morgan fingerprint density at radius 2 is 1.46 bits per heavy atom. The quantitative estimate of drug-likeness (QED) is 0.679. The molecule has 0 spiro atoms. The number of aliphatic hydroxyl groups is 1. The van der Waals surface area contributed by atoms with Crippen LogP contribution in [0.4, 0.5) is 0 Å². The SMILES string of the molecule is COCC(COC)c1nc(C2CCCCC2)nc(C(COC)C(C)O)n1. The third kappa shape index (κ3) is 5.67. The Balaban J connectivity index is 2.42. The van der Waals surface area contributed by atoms with Crippen molar-refractivity contribution in [3.05, 3.63) is 17.5 Å². The number of hydrogen-bond acceptors (Lipinski definition) is 7. The van der Waals surface area contributed by atoms with Crippen molar-refractivity contribution in [2.75, 3.05) is 41.2 Å². The van der Waals surface area contributed by atoms with E-state index in [0.29, 0.717) is 37.4 Å². The van der Waals surface area contributed by atoms with Gasteiger partial charge in [0.05, 0.1) is 37.8 Å². The third-order valence-corrected chi connectivity index (χ3v) is 5.02. The molecular formula is C19H33N3O4. The van der Waals surface area contributed by atoms with Crippen molar-refractivity contribution in [3.63, 3.8) is 0 Å². The average Bonchev–Trinajstić information content (AvgIpc) is 2.66. The van der Waals surface area contributed by atoms with E-state index in [-0.39, 0.29) is 11.8 Å². The number of nitrogens with zero attached hydrogens (tertiary/aromatic N) is 3. The van der Waals surface area contributed by atoms with Gasteiger partial charge < -0.3 is 19.3 Å². The van der Waals surface area contributed by atoms with Crippen LogP contribution < -0.4 is 0 Å². The molecule has 2 unspecified atom stereocenters. The number of hydrogen-bond donors (Lipinski definition) is 1. The molecule has 1 N–H and O–H groups in total. The molecule has 7 heteroatoms. The number of aliphatic hydroxyl groups excluding tert-OH is 1. The van der Waals surface area contributed by atoms with Gasteiger partial charge in [-0.1, -0.05) is 19.3 Å². The van der Waals surface area contributed by atoms with Gasteiger partial charge in [-0.05, 0) is 19.8 Å². The van der Waals surface area contributed by atoms with Crippen molar-refractivity contribution in [1.82, 2.24) is 15.0 Å². The average molecular weight is 367 g/mol. The highest BCUT2D eigenvalue weighted by Crippen LogP contribution is 2.32. The van der Waals surface area contributed by atoms with Gasteiger partial charge in [0.15, 0.2) is 0 Å². The lowest BCUT2D eigenvalue weighted by molar-refractivity contribution is 0.0909. The second kappa shape index (κ2) is 10.9. The molecule has 0 amide bonds. The first-order valence-corrected chi connectivity index (χ1v) is 9.51. The van der Waals surface area contributed by atoms with E-state index in [4.69, 9.17) is 24.2 Å². The maximum atomic E-state index is 10.2. The van der Waals surface area contributed by atoms with E-state index in [1.54, 1.807) is 28.3 Å². The summed E-state index contributed by atoms with van der Waals surface area (Å²) in [5.74, 6) is 2.13. The summed E-state index contributed by atoms with van der Waals surface area (Å²) in [7, 11) is 4.95. The van der Waals surface area contributed by atoms with Gasteiger partial charge in [0, 0.05) is 27.2 Å². The predicted molar refractivity (Wildman–Crippen MR) is 98.4 cm³/mol. The van der Waals surface area contributed by atoms with E-state index in [1.165, 1.54) is 19.3 Å². The van der Waals surface area contributed by atoms with E-state index >= 15 is 0 Å². The maximum Gasteiger partial charge on any atom is 0.140 e. The first-order valence-electron chi connectivity index (χ1n) is 9.51. The van der Waals surface area contributed by atoms with Gasteiger partial charge in [0.1, 0.15) is 17.5 Å². The summed E-state index contributed by atoms with van der Waals surface area (Å²) in [5.41, 5.74) is 0. The lowest BCUT2D eigenvalue weighted by Crippen LogP contribution is -2.26. The molecule has 1 aromatic rings. The highest BCUT2D eigenvalue weighted by Gasteiger charge is 2.27. The van der Waals surface area contributed by atoms with Crippen LogP contribution in [0.3, 0.4) is 0 Å². The van der Waals surface area contributed by atoms with Crippen LogP contribution in [0, 0.1) is 0 Å². The van der Waals surface area contributed by atoms with Gasteiger partial charge >= 0.3 is 0 Å². The van der Waals surface area contributed by atoms with Crippen molar-refractivity contribution in [2.45, 2.75) is 62.9 Å². The number of aromatic nitrogens is 3. The molecule has 0 radical (unpaired) electrons. The van der Waals surface area contributed by atoms with Crippen molar-refractivity contribution in [2.24, 2.45) is 0 Å². The largest absolute Gasteiger partial charge is 0.393 e. The van der Waals surface area contributed by atoms with Crippen LogP contribution in [0.25, 0.3) is 0 Å². The Morgan fingerprint density at radius 1 is 0.885 bits per heavy atom. The Labute approximate surface area is 156 Å². The minimum absolute atomic E-state index is 0.0636. The highest BCUT2D eigenvalue weighted by atomic mass is 16.5. The smallest absolute Gasteiger partial charge is 0.140 e. The Bertz CT molecular complexity index is 530. The zero-order valence-electron chi connectivity index (χ0n) is 16.5. The van der Waals surface area contributed by atoms with Gasteiger partial charge in [0.2, 0.25) is 0 Å².